The van der Waals surface area contributed by atoms with Gasteiger partial charge in [0.05, 0.1) is 18.0 Å². The normalized spacial score (nSPS) is 10.1. The molecule has 4 N–H and O–H groups in total. The molecule has 3 aromatic rings. The molecule has 0 radical (unpaired) electrons. The van der Waals surface area contributed by atoms with Crippen molar-refractivity contribution >= 4 is 23.5 Å². The minimum atomic E-state index is 0.621. The standard InChI is InChI=1S/C14H14N2.C8H10O/c15-13-8-4-7-12(14(13)16)10-9-11-5-2-1-3-6-11;1-2-9-8-6-4-3-5-7-8/h1-10H,15-16H2;3-7H,2H2,1H3. The Morgan fingerprint density at radius 3 is 2.04 bits per heavy atom. The van der Waals surface area contributed by atoms with Crippen LogP contribution in [0.3, 0.4) is 0 Å². The van der Waals surface area contributed by atoms with Crippen molar-refractivity contribution in [1.82, 2.24) is 0 Å². The van der Waals surface area contributed by atoms with E-state index in [1.54, 1.807) is 6.07 Å². The van der Waals surface area contributed by atoms with E-state index >= 15 is 0 Å². The van der Waals surface area contributed by atoms with Gasteiger partial charge in [0, 0.05) is 0 Å². The van der Waals surface area contributed by atoms with Gasteiger partial charge in [0.1, 0.15) is 5.75 Å². The van der Waals surface area contributed by atoms with Crippen molar-refractivity contribution in [2.45, 2.75) is 6.92 Å². The second kappa shape index (κ2) is 9.83. The number of hydrogen-bond acceptors (Lipinski definition) is 3. The SMILES string of the molecule is CCOc1ccccc1.Nc1cccc(C=Cc2ccccc2)c1N. The van der Waals surface area contributed by atoms with Crippen molar-refractivity contribution in [3.05, 3.63) is 90.0 Å². The number of anilines is 2. The van der Waals surface area contributed by atoms with E-state index in [1.165, 1.54) is 0 Å². The second-order valence-electron chi connectivity index (χ2n) is 5.34. The van der Waals surface area contributed by atoms with Crippen LogP contribution in [-0.2, 0) is 0 Å². The van der Waals surface area contributed by atoms with Crippen LogP contribution in [0.25, 0.3) is 12.2 Å². The van der Waals surface area contributed by atoms with Crippen LogP contribution in [0.1, 0.15) is 18.1 Å². The summed E-state index contributed by atoms with van der Waals surface area (Å²) in [7, 11) is 0. The van der Waals surface area contributed by atoms with Crippen molar-refractivity contribution in [1.29, 1.82) is 0 Å². The van der Waals surface area contributed by atoms with Crippen LogP contribution in [0.4, 0.5) is 11.4 Å². The summed E-state index contributed by atoms with van der Waals surface area (Å²) in [5.41, 5.74) is 14.9. The van der Waals surface area contributed by atoms with Crippen LogP contribution in [0.5, 0.6) is 5.75 Å². The molecule has 3 heteroatoms. The molecular formula is C22H24N2O. The Morgan fingerprint density at radius 1 is 0.760 bits per heavy atom. The number of para-hydroxylation sites is 2. The van der Waals surface area contributed by atoms with Gasteiger partial charge in [-0.15, -0.1) is 0 Å². The van der Waals surface area contributed by atoms with Gasteiger partial charge in [-0.2, -0.15) is 0 Å². The molecule has 3 nitrogen and oxygen atoms in total. The average Bonchev–Trinajstić information content (AvgIpc) is 2.66. The molecule has 0 unspecified atom stereocenters. The molecule has 0 bridgehead atoms. The maximum atomic E-state index is 5.87. The summed E-state index contributed by atoms with van der Waals surface area (Å²) in [6.07, 6.45) is 3.99. The molecule has 0 saturated heterocycles. The lowest BCUT2D eigenvalue weighted by atomic mass is 10.1. The predicted octanol–water partition coefficient (Wildman–Crippen LogP) is 5.11. The van der Waals surface area contributed by atoms with Gasteiger partial charge in [0.15, 0.2) is 0 Å². The third-order valence-corrected chi connectivity index (χ3v) is 3.48. The smallest absolute Gasteiger partial charge is 0.119 e. The average molecular weight is 332 g/mol. The Kier molecular flexibility index (Phi) is 7.13. The van der Waals surface area contributed by atoms with E-state index in [-0.39, 0.29) is 0 Å². The first-order chi connectivity index (χ1) is 12.2. The summed E-state index contributed by atoms with van der Waals surface area (Å²) < 4.78 is 5.21. The van der Waals surface area contributed by atoms with Crippen molar-refractivity contribution < 1.29 is 4.74 Å². The monoisotopic (exact) mass is 332 g/mol. The van der Waals surface area contributed by atoms with E-state index in [1.807, 2.05) is 91.9 Å². The molecule has 0 aliphatic rings. The highest BCUT2D eigenvalue weighted by Gasteiger charge is 1.97. The Bertz CT molecular complexity index is 784. The highest BCUT2D eigenvalue weighted by molar-refractivity contribution is 5.81. The fourth-order valence-corrected chi connectivity index (χ4v) is 2.18. The van der Waals surface area contributed by atoms with Gasteiger partial charge in [-0.25, -0.2) is 0 Å². The van der Waals surface area contributed by atoms with Gasteiger partial charge in [-0.3, -0.25) is 0 Å². The van der Waals surface area contributed by atoms with Crippen LogP contribution in [-0.4, -0.2) is 6.61 Å². The zero-order valence-electron chi connectivity index (χ0n) is 14.4. The molecule has 0 heterocycles. The van der Waals surface area contributed by atoms with Crippen LogP contribution in [0.15, 0.2) is 78.9 Å². The largest absolute Gasteiger partial charge is 0.494 e. The van der Waals surface area contributed by atoms with Crippen LogP contribution < -0.4 is 16.2 Å². The zero-order chi connectivity index (χ0) is 17.9. The Morgan fingerprint density at radius 2 is 1.40 bits per heavy atom. The number of ether oxygens (including phenoxy) is 1. The third-order valence-electron chi connectivity index (χ3n) is 3.48. The molecule has 0 aromatic heterocycles. The summed E-state index contributed by atoms with van der Waals surface area (Å²) in [4.78, 5) is 0. The summed E-state index contributed by atoms with van der Waals surface area (Å²) in [5.74, 6) is 0.944. The molecule has 0 aliphatic carbocycles. The molecule has 25 heavy (non-hydrogen) atoms. The van der Waals surface area contributed by atoms with Gasteiger partial charge in [0.25, 0.3) is 0 Å². The molecule has 0 saturated carbocycles. The first-order valence-electron chi connectivity index (χ1n) is 8.25. The number of hydrogen-bond donors (Lipinski definition) is 2. The Hall–Kier alpha value is -3.20. The summed E-state index contributed by atoms with van der Waals surface area (Å²) in [5, 5.41) is 0. The fraction of sp³-hybridized carbons (Fsp3) is 0.0909. The summed E-state index contributed by atoms with van der Waals surface area (Å²) in [6, 6.07) is 25.5. The van der Waals surface area contributed by atoms with E-state index in [4.69, 9.17) is 16.2 Å². The van der Waals surface area contributed by atoms with Crippen LogP contribution >= 0.6 is 0 Å². The zero-order valence-corrected chi connectivity index (χ0v) is 14.4. The van der Waals surface area contributed by atoms with Crippen molar-refractivity contribution in [2.75, 3.05) is 18.1 Å². The number of rotatable bonds is 4. The molecule has 0 fully saturated rings. The first kappa shape index (κ1) is 18.1. The predicted molar refractivity (Wildman–Crippen MR) is 108 cm³/mol. The lowest BCUT2D eigenvalue weighted by molar-refractivity contribution is 0.340. The van der Waals surface area contributed by atoms with E-state index in [0.717, 1.165) is 23.5 Å². The Labute approximate surface area is 149 Å². The molecular weight excluding hydrogens is 308 g/mol. The molecule has 3 aromatic carbocycles. The molecule has 3 rings (SSSR count). The third kappa shape index (κ3) is 6.07. The summed E-state index contributed by atoms with van der Waals surface area (Å²) in [6.45, 7) is 2.72. The highest BCUT2D eigenvalue weighted by Crippen LogP contribution is 2.21. The van der Waals surface area contributed by atoms with E-state index in [2.05, 4.69) is 0 Å². The first-order valence-corrected chi connectivity index (χ1v) is 8.25. The fourth-order valence-electron chi connectivity index (χ4n) is 2.18. The number of nitrogen functional groups attached to an aromatic ring is 2. The maximum absolute atomic E-state index is 5.87. The molecule has 0 aliphatic heterocycles. The number of benzene rings is 3. The van der Waals surface area contributed by atoms with Crippen molar-refractivity contribution in [3.8, 4) is 5.75 Å². The molecule has 0 amide bonds. The van der Waals surface area contributed by atoms with Gasteiger partial charge >= 0.3 is 0 Å². The van der Waals surface area contributed by atoms with E-state index in [0.29, 0.717) is 11.4 Å². The van der Waals surface area contributed by atoms with Crippen molar-refractivity contribution in [2.24, 2.45) is 0 Å². The van der Waals surface area contributed by atoms with E-state index in [9.17, 15) is 0 Å². The minimum Gasteiger partial charge on any atom is -0.494 e. The van der Waals surface area contributed by atoms with Gasteiger partial charge in [-0.1, -0.05) is 72.8 Å². The Balaban J connectivity index is 0.000000212. The van der Waals surface area contributed by atoms with Gasteiger partial charge in [0.2, 0.25) is 0 Å². The number of nitrogens with two attached hydrogens (primary N) is 2. The molecule has 0 spiro atoms. The topological polar surface area (TPSA) is 61.3 Å². The van der Waals surface area contributed by atoms with Crippen LogP contribution in [0, 0.1) is 0 Å². The minimum absolute atomic E-state index is 0.621. The second-order valence-corrected chi connectivity index (χ2v) is 5.34. The van der Waals surface area contributed by atoms with Crippen molar-refractivity contribution in [3.63, 3.8) is 0 Å². The molecule has 128 valence electrons. The lowest BCUT2D eigenvalue weighted by Crippen LogP contribution is -1.96. The van der Waals surface area contributed by atoms with Gasteiger partial charge in [-0.05, 0) is 36.2 Å². The lowest BCUT2D eigenvalue weighted by Gasteiger charge is -2.03. The maximum Gasteiger partial charge on any atom is 0.119 e. The van der Waals surface area contributed by atoms with Gasteiger partial charge < -0.3 is 16.2 Å². The van der Waals surface area contributed by atoms with Crippen LogP contribution in [0.2, 0.25) is 0 Å². The summed E-state index contributed by atoms with van der Waals surface area (Å²) >= 11 is 0. The van der Waals surface area contributed by atoms with E-state index < -0.39 is 0 Å². The molecule has 0 atom stereocenters. The quantitative estimate of drug-likeness (QED) is 0.516. The highest BCUT2D eigenvalue weighted by atomic mass is 16.5.